The molecule has 0 aliphatic carbocycles. The molecule has 0 radical (unpaired) electrons. The van der Waals surface area contributed by atoms with Gasteiger partial charge in [0.2, 0.25) is 0 Å². The lowest BCUT2D eigenvalue weighted by Crippen LogP contribution is -2.21. The van der Waals surface area contributed by atoms with Crippen molar-refractivity contribution in [2.45, 2.75) is 32.4 Å². The van der Waals surface area contributed by atoms with Crippen LogP contribution >= 0.6 is 11.3 Å². The topological polar surface area (TPSA) is 122 Å². The van der Waals surface area contributed by atoms with Crippen molar-refractivity contribution in [1.82, 2.24) is 25.0 Å². The van der Waals surface area contributed by atoms with E-state index in [-0.39, 0.29) is 5.91 Å². The molecule has 33 heavy (non-hydrogen) atoms. The summed E-state index contributed by atoms with van der Waals surface area (Å²) in [5, 5.41) is 27.7. The van der Waals surface area contributed by atoms with Crippen LogP contribution in [0, 0.1) is 0 Å². The molecule has 1 amide bonds. The number of carbonyl (C=O) groups is 1. The summed E-state index contributed by atoms with van der Waals surface area (Å²) in [6, 6.07) is 7.46. The van der Waals surface area contributed by atoms with Crippen LogP contribution in [0.2, 0.25) is 0 Å². The average molecular weight is 463 g/mol. The first kappa shape index (κ1) is 21.1. The standard InChI is InChI=1S/C23H22N6O3S/c1-23(2,31)5-7-29-11-15-9-19(16(10-18(15)28-29)14-4-8-32-12-14)25-21(30)20-13-33-22(26-20)17-3-6-24-27-17/h3-4,6,8-13,31H,5,7H2,1-2H3,(H,24,27)(H,25,30). The molecule has 4 heterocycles. The first-order chi connectivity index (χ1) is 15.9. The smallest absolute Gasteiger partial charge is 0.275 e. The highest BCUT2D eigenvalue weighted by Gasteiger charge is 2.18. The zero-order valence-corrected chi connectivity index (χ0v) is 18.9. The van der Waals surface area contributed by atoms with Crippen LogP contribution < -0.4 is 5.32 Å². The maximum Gasteiger partial charge on any atom is 0.275 e. The molecule has 5 rings (SSSR count). The van der Waals surface area contributed by atoms with Gasteiger partial charge in [0.1, 0.15) is 10.7 Å². The fraction of sp³-hybridized carbons (Fsp3) is 0.217. The van der Waals surface area contributed by atoms with Gasteiger partial charge in [0.25, 0.3) is 5.91 Å². The van der Waals surface area contributed by atoms with Crippen molar-refractivity contribution >= 4 is 33.8 Å². The molecular weight excluding hydrogens is 440 g/mol. The number of hydrogen-bond acceptors (Lipinski definition) is 7. The Bertz CT molecular complexity index is 1390. The van der Waals surface area contributed by atoms with E-state index in [1.165, 1.54) is 11.3 Å². The second-order valence-electron chi connectivity index (χ2n) is 8.39. The number of anilines is 1. The Morgan fingerprint density at radius 3 is 2.94 bits per heavy atom. The SMILES string of the molecule is CC(C)(O)CCn1cc2cc(NC(=O)c3csc(-c4ccn[nH]4)n3)c(-c3ccoc3)cc2n1. The van der Waals surface area contributed by atoms with E-state index in [9.17, 15) is 9.90 Å². The van der Waals surface area contributed by atoms with Gasteiger partial charge >= 0.3 is 0 Å². The van der Waals surface area contributed by atoms with Crippen LogP contribution in [0.25, 0.3) is 32.7 Å². The van der Waals surface area contributed by atoms with Crippen molar-refractivity contribution < 1.29 is 14.3 Å². The lowest BCUT2D eigenvalue weighted by atomic mass is 10.0. The van der Waals surface area contributed by atoms with E-state index in [1.807, 2.05) is 29.1 Å². The largest absolute Gasteiger partial charge is 0.472 e. The quantitative estimate of drug-likeness (QED) is 0.326. The predicted octanol–water partition coefficient (Wildman–Crippen LogP) is 4.56. The van der Waals surface area contributed by atoms with Gasteiger partial charge in [0, 0.05) is 46.5 Å². The van der Waals surface area contributed by atoms with Crippen LogP contribution in [0.4, 0.5) is 5.69 Å². The molecule has 0 fully saturated rings. The van der Waals surface area contributed by atoms with E-state index in [0.717, 1.165) is 27.7 Å². The number of carbonyl (C=O) groups excluding carboxylic acids is 1. The predicted molar refractivity (Wildman–Crippen MR) is 126 cm³/mol. The first-order valence-corrected chi connectivity index (χ1v) is 11.3. The molecule has 0 bridgehead atoms. The summed E-state index contributed by atoms with van der Waals surface area (Å²) in [6.45, 7) is 4.13. The maximum absolute atomic E-state index is 13.0. The number of benzene rings is 1. The number of thiazole rings is 1. The Kier molecular flexibility index (Phi) is 5.31. The molecule has 0 saturated carbocycles. The summed E-state index contributed by atoms with van der Waals surface area (Å²) in [6.07, 6.45) is 7.34. The number of aromatic nitrogens is 5. The van der Waals surface area contributed by atoms with Crippen molar-refractivity contribution in [3.63, 3.8) is 0 Å². The number of fused-ring (bicyclic) bond motifs is 1. The Morgan fingerprint density at radius 1 is 1.33 bits per heavy atom. The van der Waals surface area contributed by atoms with Crippen molar-refractivity contribution in [3.8, 4) is 21.8 Å². The van der Waals surface area contributed by atoms with Crippen molar-refractivity contribution in [2.75, 3.05) is 5.32 Å². The van der Waals surface area contributed by atoms with Crippen molar-refractivity contribution in [1.29, 1.82) is 0 Å². The maximum atomic E-state index is 13.0. The second-order valence-corrected chi connectivity index (χ2v) is 9.24. The third kappa shape index (κ3) is 4.57. The highest BCUT2D eigenvalue weighted by Crippen LogP contribution is 2.33. The normalized spacial score (nSPS) is 11.8. The van der Waals surface area contributed by atoms with E-state index in [1.54, 1.807) is 44.0 Å². The molecule has 3 N–H and O–H groups in total. The van der Waals surface area contributed by atoms with Crippen LogP contribution in [-0.4, -0.2) is 41.6 Å². The molecule has 0 atom stereocenters. The summed E-state index contributed by atoms with van der Waals surface area (Å²) < 4.78 is 7.08. The van der Waals surface area contributed by atoms with E-state index in [4.69, 9.17) is 4.42 Å². The molecule has 1 aromatic carbocycles. The van der Waals surface area contributed by atoms with E-state index >= 15 is 0 Å². The highest BCUT2D eigenvalue weighted by atomic mass is 32.1. The third-order valence-electron chi connectivity index (χ3n) is 5.19. The molecule has 0 saturated heterocycles. The van der Waals surface area contributed by atoms with Gasteiger partial charge in [-0.1, -0.05) is 0 Å². The van der Waals surface area contributed by atoms with Gasteiger partial charge in [-0.2, -0.15) is 10.2 Å². The molecule has 0 unspecified atom stereocenters. The number of aryl methyl sites for hydroxylation is 1. The summed E-state index contributed by atoms with van der Waals surface area (Å²) in [5.41, 5.74) is 3.35. The monoisotopic (exact) mass is 462 g/mol. The number of nitrogens with one attached hydrogen (secondary N) is 2. The van der Waals surface area contributed by atoms with Gasteiger partial charge in [0.15, 0.2) is 0 Å². The Labute approximate surface area is 193 Å². The van der Waals surface area contributed by atoms with Gasteiger partial charge in [0.05, 0.1) is 29.3 Å². The van der Waals surface area contributed by atoms with Crippen LogP contribution in [0.5, 0.6) is 0 Å². The van der Waals surface area contributed by atoms with Crippen molar-refractivity contribution in [3.05, 3.63) is 60.3 Å². The van der Waals surface area contributed by atoms with Crippen LogP contribution in [-0.2, 0) is 6.54 Å². The van der Waals surface area contributed by atoms with E-state index in [0.29, 0.717) is 29.4 Å². The number of rotatable bonds is 7. The molecule has 9 nitrogen and oxygen atoms in total. The van der Waals surface area contributed by atoms with E-state index in [2.05, 4.69) is 25.6 Å². The number of H-pyrrole nitrogens is 1. The number of nitrogens with zero attached hydrogens (tertiary/aromatic N) is 4. The van der Waals surface area contributed by atoms with Crippen molar-refractivity contribution in [2.24, 2.45) is 0 Å². The van der Waals surface area contributed by atoms with Crippen LogP contribution in [0.15, 0.2) is 59.0 Å². The number of furan rings is 1. The summed E-state index contributed by atoms with van der Waals surface area (Å²) >= 11 is 1.37. The Hall–Kier alpha value is -3.76. The number of amides is 1. The van der Waals surface area contributed by atoms with Gasteiger partial charge in [-0.05, 0) is 44.5 Å². The summed E-state index contributed by atoms with van der Waals surface area (Å²) in [4.78, 5) is 17.4. The van der Waals surface area contributed by atoms with Crippen LogP contribution in [0.1, 0.15) is 30.8 Å². The number of aromatic amines is 1. The van der Waals surface area contributed by atoms with E-state index < -0.39 is 5.60 Å². The van der Waals surface area contributed by atoms with Crippen LogP contribution in [0.3, 0.4) is 0 Å². The number of hydrogen-bond donors (Lipinski definition) is 3. The molecule has 0 aliphatic heterocycles. The molecule has 5 aromatic rings. The first-order valence-electron chi connectivity index (χ1n) is 10.4. The van der Waals surface area contributed by atoms with Gasteiger partial charge < -0.3 is 14.8 Å². The zero-order chi connectivity index (χ0) is 23.0. The molecule has 0 spiro atoms. The molecule has 168 valence electrons. The highest BCUT2D eigenvalue weighted by molar-refractivity contribution is 7.13. The Morgan fingerprint density at radius 2 is 2.21 bits per heavy atom. The molecular formula is C23H22N6O3S. The average Bonchev–Trinajstić information content (AvgIpc) is 3.57. The minimum absolute atomic E-state index is 0.310. The molecule has 10 heteroatoms. The minimum atomic E-state index is -0.776. The minimum Gasteiger partial charge on any atom is -0.472 e. The second kappa shape index (κ2) is 8.30. The lowest BCUT2D eigenvalue weighted by molar-refractivity contribution is 0.0651. The fourth-order valence-corrected chi connectivity index (χ4v) is 4.22. The van der Waals surface area contributed by atoms with Gasteiger partial charge in [-0.3, -0.25) is 14.6 Å². The Balaban J connectivity index is 1.46. The fourth-order valence-electron chi connectivity index (χ4n) is 3.45. The zero-order valence-electron chi connectivity index (χ0n) is 18.1. The third-order valence-corrected chi connectivity index (χ3v) is 6.07. The van der Waals surface area contributed by atoms with Gasteiger partial charge in [-0.25, -0.2) is 4.98 Å². The van der Waals surface area contributed by atoms with Gasteiger partial charge in [-0.15, -0.1) is 11.3 Å². The number of aliphatic hydroxyl groups is 1. The summed E-state index contributed by atoms with van der Waals surface area (Å²) in [5.74, 6) is -0.310. The lowest BCUT2D eigenvalue weighted by Gasteiger charge is -2.16. The molecule has 4 aromatic heterocycles. The molecule has 0 aliphatic rings. The summed E-state index contributed by atoms with van der Waals surface area (Å²) in [7, 11) is 0.